The lowest BCUT2D eigenvalue weighted by atomic mass is 10.2. The van der Waals surface area contributed by atoms with Crippen LogP contribution in [0.25, 0.3) is 0 Å². The monoisotopic (exact) mass is 323 g/mol. The van der Waals surface area contributed by atoms with Crippen molar-refractivity contribution < 1.29 is 9.53 Å². The Morgan fingerprint density at radius 3 is 2.33 bits per heavy atom. The molecular formula is C16H15Cl2NO2. The molecule has 0 bridgehead atoms. The number of benzene rings is 2. The summed E-state index contributed by atoms with van der Waals surface area (Å²) in [7, 11) is 0. The molecule has 0 atom stereocenters. The van der Waals surface area contributed by atoms with Crippen molar-refractivity contribution in [1.82, 2.24) is 0 Å². The van der Waals surface area contributed by atoms with Crippen LogP contribution in [-0.4, -0.2) is 12.0 Å². The fourth-order valence-electron chi connectivity index (χ4n) is 1.79. The lowest BCUT2D eigenvalue weighted by Gasteiger charge is -2.12. The number of hydrogen-bond donors (Lipinski definition) is 1. The van der Waals surface area contributed by atoms with Gasteiger partial charge in [-0.2, -0.15) is 0 Å². The third-order valence-corrected chi connectivity index (χ3v) is 3.30. The summed E-state index contributed by atoms with van der Waals surface area (Å²) in [5.41, 5.74) is 0.880. The van der Waals surface area contributed by atoms with Gasteiger partial charge in [0.1, 0.15) is 5.75 Å². The number of hydrogen-bond acceptors (Lipinski definition) is 2. The van der Waals surface area contributed by atoms with Gasteiger partial charge in [0.25, 0.3) is 5.91 Å². The third kappa shape index (κ3) is 4.13. The highest BCUT2D eigenvalue weighted by molar-refractivity contribution is 6.40. The molecular weight excluding hydrogens is 309 g/mol. The van der Waals surface area contributed by atoms with E-state index >= 15 is 0 Å². The van der Waals surface area contributed by atoms with E-state index < -0.39 is 0 Å². The maximum Gasteiger partial charge on any atom is 0.255 e. The van der Waals surface area contributed by atoms with Gasteiger partial charge >= 0.3 is 0 Å². The van der Waals surface area contributed by atoms with Crippen LogP contribution < -0.4 is 10.1 Å². The van der Waals surface area contributed by atoms with Gasteiger partial charge in [-0.3, -0.25) is 4.79 Å². The second-order valence-electron chi connectivity index (χ2n) is 4.75. The Balaban J connectivity index is 2.21. The van der Waals surface area contributed by atoms with Crippen LogP contribution in [0.5, 0.6) is 5.75 Å². The molecule has 1 N–H and O–H groups in total. The lowest BCUT2D eigenvalue weighted by molar-refractivity contribution is 0.102. The SMILES string of the molecule is CC(C)Oc1cccc(C(=O)Nc2c(Cl)cccc2Cl)c1. The van der Waals surface area contributed by atoms with Gasteiger partial charge in [0.2, 0.25) is 0 Å². The summed E-state index contributed by atoms with van der Waals surface area (Å²) < 4.78 is 5.57. The molecule has 0 radical (unpaired) electrons. The minimum atomic E-state index is -0.292. The largest absolute Gasteiger partial charge is 0.491 e. The molecule has 0 saturated heterocycles. The molecule has 0 aliphatic carbocycles. The average molecular weight is 324 g/mol. The quantitative estimate of drug-likeness (QED) is 0.856. The molecule has 0 spiro atoms. The summed E-state index contributed by atoms with van der Waals surface area (Å²) in [5, 5.41) is 3.50. The van der Waals surface area contributed by atoms with Crippen molar-refractivity contribution in [3.8, 4) is 5.75 Å². The first-order chi connectivity index (χ1) is 9.97. The molecule has 0 aliphatic rings. The summed E-state index contributed by atoms with van der Waals surface area (Å²) >= 11 is 12.1. The van der Waals surface area contributed by atoms with Crippen molar-refractivity contribution in [2.24, 2.45) is 0 Å². The topological polar surface area (TPSA) is 38.3 Å². The Morgan fingerprint density at radius 1 is 1.10 bits per heavy atom. The first-order valence-electron chi connectivity index (χ1n) is 6.49. The zero-order valence-corrected chi connectivity index (χ0v) is 13.2. The van der Waals surface area contributed by atoms with Crippen LogP contribution in [0.4, 0.5) is 5.69 Å². The van der Waals surface area contributed by atoms with Crippen molar-refractivity contribution in [2.45, 2.75) is 20.0 Å². The Hall–Kier alpha value is -1.71. The van der Waals surface area contributed by atoms with Crippen LogP contribution >= 0.6 is 23.2 Å². The molecule has 0 aromatic heterocycles. The van der Waals surface area contributed by atoms with Crippen LogP contribution in [-0.2, 0) is 0 Å². The molecule has 110 valence electrons. The average Bonchev–Trinajstić information content (AvgIpc) is 2.42. The number of nitrogens with one attached hydrogen (secondary N) is 1. The number of ether oxygens (including phenoxy) is 1. The number of carbonyl (C=O) groups excluding carboxylic acids is 1. The predicted molar refractivity (Wildman–Crippen MR) is 86.6 cm³/mol. The molecule has 2 aromatic rings. The van der Waals surface area contributed by atoms with Crippen molar-refractivity contribution in [3.05, 3.63) is 58.1 Å². The molecule has 0 unspecified atom stereocenters. The van der Waals surface area contributed by atoms with Crippen molar-refractivity contribution in [3.63, 3.8) is 0 Å². The van der Waals surface area contributed by atoms with Gasteiger partial charge in [0, 0.05) is 5.56 Å². The second-order valence-corrected chi connectivity index (χ2v) is 5.56. The van der Waals surface area contributed by atoms with Crippen LogP contribution in [0.1, 0.15) is 24.2 Å². The van der Waals surface area contributed by atoms with Gasteiger partial charge in [-0.15, -0.1) is 0 Å². The van der Waals surface area contributed by atoms with Crippen LogP contribution in [0, 0.1) is 0 Å². The number of amides is 1. The normalized spacial score (nSPS) is 10.5. The van der Waals surface area contributed by atoms with Crippen molar-refractivity contribution in [1.29, 1.82) is 0 Å². The standard InChI is InChI=1S/C16H15Cl2NO2/c1-10(2)21-12-6-3-5-11(9-12)16(20)19-15-13(17)7-4-8-14(15)18/h3-10H,1-2H3,(H,19,20). The molecule has 5 heteroatoms. The summed E-state index contributed by atoms with van der Waals surface area (Å²) in [4.78, 5) is 12.3. The van der Waals surface area contributed by atoms with E-state index in [0.717, 1.165) is 0 Å². The molecule has 0 saturated carbocycles. The van der Waals surface area contributed by atoms with E-state index in [1.54, 1.807) is 42.5 Å². The minimum absolute atomic E-state index is 0.0429. The summed E-state index contributed by atoms with van der Waals surface area (Å²) in [5.74, 6) is 0.349. The fourth-order valence-corrected chi connectivity index (χ4v) is 2.28. The summed E-state index contributed by atoms with van der Waals surface area (Å²) in [6.07, 6.45) is 0.0429. The highest BCUT2D eigenvalue weighted by Crippen LogP contribution is 2.30. The van der Waals surface area contributed by atoms with E-state index in [0.29, 0.717) is 27.0 Å². The van der Waals surface area contributed by atoms with Crippen LogP contribution in [0.2, 0.25) is 10.0 Å². The first kappa shape index (κ1) is 15.7. The van der Waals surface area contributed by atoms with Gasteiger partial charge in [-0.25, -0.2) is 0 Å². The Bertz CT molecular complexity index is 636. The van der Waals surface area contributed by atoms with Gasteiger partial charge in [0.05, 0.1) is 21.8 Å². The van der Waals surface area contributed by atoms with E-state index in [9.17, 15) is 4.79 Å². The Morgan fingerprint density at radius 2 is 1.71 bits per heavy atom. The number of carbonyl (C=O) groups is 1. The molecule has 3 nitrogen and oxygen atoms in total. The van der Waals surface area contributed by atoms with Gasteiger partial charge in [0.15, 0.2) is 0 Å². The van der Waals surface area contributed by atoms with E-state index in [-0.39, 0.29) is 12.0 Å². The van der Waals surface area contributed by atoms with Crippen molar-refractivity contribution in [2.75, 3.05) is 5.32 Å². The van der Waals surface area contributed by atoms with E-state index in [1.807, 2.05) is 13.8 Å². The summed E-state index contributed by atoms with van der Waals surface area (Å²) in [6, 6.07) is 12.0. The van der Waals surface area contributed by atoms with E-state index in [4.69, 9.17) is 27.9 Å². The van der Waals surface area contributed by atoms with Gasteiger partial charge in [-0.1, -0.05) is 35.3 Å². The number of rotatable bonds is 4. The van der Waals surface area contributed by atoms with Gasteiger partial charge < -0.3 is 10.1 Å². The number of para-hydroxylation sites is 1. The van der Waals surface area contributed by atoms with E-state index in [2.05, 4.69) is 5.32 Å². The van der Waals surface area contributed by atoms with Gasteiger partial charge in [-0.05, 0) is 44.2 Å². The Labute approximate surface area is 133 Å². The zero-order valence-electron chi connectivity index (χ0n) is 11.7. The van der Waals surface area contributed by atoms with E-state index in [1.165, 1.54) is 0 Å². The molecule has 2 rings (SSSR count). The minimum Gasteiger partial charge on any atom is -0.491 e. The zero-order chi connectivity index (χ0) is 15.4. The van der Waals surface area contributed by atoms with Crippen molar-refractivity contribution >= 4 is 34.8 Å². The molecule has 1 amide bonds. The highest BCUT2D eigenvalue weighted by Gasteiger charge is 2.12. The molecule has 0 aliphatic heterocycles. The maximum atomic E-state index is 12.3. The molecule has 2 aromatic carbocycles. The number of halogens is 2. The first-order valence-corrected chi connectivity index (χ1v) is 7.25. The predicted octanol–water partition coefficient (Wildman–Crippen LogP) is 5.03. The van der Waals surface area contributed by atoms with Crippen LogP contribution in [0.15, 0.2) is 42.5 Å². The lowest BCUT2D eigenvalue weighted by Crippen LogP contribution is -2.13. The summed E-state index contributed by atoms with van der Waals surface area (Å²) in [6.45, 7) is 3.85. The third-order valence-electron chi connectivity index (χ3n) is 2.67. The second kappa shape index (κ2) is 6.83. The fraction of sp³-hybridized carbons (Fsp3) is 0.188. The van der Waals surface area contributed by atoms with Crippen LogP contribution in [0.3, 0.4) is 0 Å². The highest BCUT2D eigenvalue weighted by atomic mass is 35.5. The Kier molecular flexibility index (Phi) is 5.10. The molecule has 21 heavy (non-hydrogen) atoms. The number of anilines is 1. The molecule has 0 heterocycles. The molecule has 0 fully saturated rings. The smallest absolute Gasteiger partial charge is 0.255 e. The maximum absolute atomic E-state index is 12.3.